The fraction of sp³-hybridized carbons (Fsp3) is 0.500. The minimum absolute atomic E-state index is 0. The summed E-state index contributed by atoms with van der Waals surface area (Å²) in [6, 6.07) is 0. The van der Waals surface area contributed by atoms with Crippen LogP contribution in [0.5, 0.6) is 0 Å². The fourth-order valence-electron chi connectivity index (χ4n) is 2.04. The van der Waals surface area contributed by atoms with E-state index in [4.69, 9.17) is 0 Å². The molecule has 0 aliphatic heterocycles. The van der Waals surface area contributed by atoms with E-state index in [0.717, 1.165) is 0 Å². The van der Waals surface area contributed by atoms with Crippen LogP contribution in [0, 0.1) is 34.6 Å². The Morgan fingerprint density at radius 1 is 0.765 bits per heavy atom. The van der Waals surface area contributed by atoms with Gasteiger partial charge in [-0.15, -0.1) is 0 Å². The predicted molar refractivity (Wildman–Crippen MR) is 67.9 cm³/mol. The van der Waals surface area contributed by atoms with E-state index in [-0.39, 0.29) is 18.6 Å². The quantitative estimate of drug-likeness (QED) is 0.687. The monoisotopic (exact) mass is 438 g/mol. The SMILES string of the molecule is Cc1c(C)c(C)c([C](=[W])N(C)C)c(C)c1C.[V]. The normalized spacial score (nSPS) is 10.4. The first kappa shape index (κ1) is 17.3. The smallest absolute Gasteiger partial charge is 0 e. The van der Waals surface area contributed by atoms with E-state index in [2.05, 4.69) is 53.6 Å². The standard InChI is InChI=1S/C14H21N.V.W/c1-9-10(2)12(4)14(8-15(6)7)13(5)11(9)3;;/h1-7H3;;. The number of hydrogen-bond acceptors (Lipinski definition) is 1. The molecule has 0 spiro atoms. The van der Waals surface area contributed by atoms with Crippen molar-refractivity contribution in [2.45, 2.75) is 34.6 Å². The van der Waals surface area contributed by atoms with E-state index in [0.29, 0.717) is 0 Å². The van der Waals surface area contributed by atoms with Gasteiger partial charge in [-0.2, -0.15) is 0 Å². The van der Waals surface area contributed by atoms with E-state index in [9.17, 15) is 0 Å². The molecule has 0 bridgehead atoms. The molecule has 0 saturated heterocycles. The predicted octanol–water partition coefficient (Wildman–Crippen LogP) is 2.81. The Labute approximate surface area is 128 Å². The molecule has 93 valence electrons. The number of nitrogens with zero attached hydrogens (tertiary/aromatic N) is 1. The third-order valence-corrected chi connectivity index (χ3v) is 5.67. The van der Waals surface area contributed by atoms with Gasteiger partial charge in [0.25, 0.3) is 0 Å². The van der Waals surface area contributed by atoms with Gasteiger partial charge in [-0.3, -0.25) is 0 Å². The third kappa shape index (κ3) is 3.21. The molecule has 0 N–H and O–H groups in total. The Kier molecular flexibility index (Phi) is 6.60. The van der Waals surface area contributed by atoms with Crippen LogP contribution >= 0.6 is 0 Å². The van der Waals surface area contributed by atoms with Crippen LogP contribution in [-0.4, -0.2) is 23.0 Å². The Balaban J connectivity index is 0.00000256. The number of benzene rings is 1. The van der Waals surface area contributed by atoms with Crippen molar-refractivity contribution in [1.82, 2.24) is 4.90 Å². The second-order valence-electron chi connectivity index (χ2n) is 4.70. The van der Waals surface area contributed by atoms with Crippen molar-refractivity contribution in [3.63, 3.8) is 0 Å². The molecular formula is C14H21NVW. The maximum atomic E-state index is 2.25. The van der Waals surface area contributed by atoms with Crippen LogP contribution in [-0.2, 0) is 37.9 Å². The molecule has 0 atom stereocenters. The molecule has 0 aliphatic carbocycles. The summed E-state index contributed by atoms with van der Waals surface area (Å²) in [6.07, 6.45) is 0. The summed E-state index contributed by atoms with van der Waals surface area (Å²) in [6.45, 7) is 11.2. The Morgan fingerprint density at radius 3 is 1.35 bits per heavy atom. The molecule has 0 heterocycles. The molecule has 0 fully saturated rings. The summed E-state index contributed by atoms with van der Waals surface area (Å²) in [5.74, 6) is 0. The van der Waals surface area contributed by atoms with Gasteiger partial charge in [0.2, 0.25) is 0 Å². The Morgan fingerprint density at radius 2 is 1.06 bits per heavy atom. The molecule has 0 unspecified atom stereocenters. The molecule has 1 aromatic carbocycles. The second-order valence-corrected chi connectivity index (χ2v) is 6.09. The van der Waals surface area contributed by atoms with Crippen LogP contribution in [0.4, 0.5) is 0 Å². The van der Waals surface area contributed by atoms with Crippen LogP contribution in [0.3, 0.4) is 0 Å². The van der Waals surface area contributed by atoms with Gasteiger partial charge < -0.3 is 0 Å². The summed E-state index contributed by atoms with van der Waals surface area (Å²) < 4.78 is 1.43. The first-order chi connectivity index (χ1) is 7.29. The van der Waals surface area contributed by atoms with E-state index in [1.54, 1.807) is 0 Å². The van der Waals surface area contributed by atoms with Crippen LogP contribution < -0.4 is 0 Å². The summed E-state index contributed by atoms with van der Waals surface area (Å²) >= 11 is 1.54. The molecule has 1 aromatic rings. The molecular weight excluding hydrogens is 417 g/mol. The molecule has 0 saturated carbocycles. The largest absolute Gasteiger partial charge is 0 e. The van der Waals surface area contributed by atoms with Gasteiger partial charge in [-0.25, -0.2) is 0 Å². The zero-order valence-corrected chi connectivity index (χ0v) is 16.1. The zero-order chi connectivity index (χ0) is 12.6. The van der Waals surface area contributed by atoms with E-state index in [1.807, 2.05) is 0 Å². The van der Waals surface area contributed by atoms with Crippen LogP contribution in [0.2, 0.25) is 0 Å². The van der Waals surface area contributed by atoms with Crippen LogP contribution in [0.1, 0.15) is 33.4 Å². The van der Waals surface area contributed by atoms with Gasteiger partial charge in [0.1, 0.15) is 0 Å². The van der Waals surface area contributed by atoms with Gasteiger partial charge in [0.15, 0.2) is 0 Å². The molecule has 1 rings (SSSR count). The van der Waals surface area contributed by atoms with Gasteiger partial charge in [-0.05, 0) is 0 Å². The molecule has 0 aromatic heterocycles. The van der Waals surface area contributed by atoms with Crippen molar-refractivity contribution >= 4 is 4.02 Å². The minimum atomic E-state index is 0. The second kappa shape index (κ2) is 6.48. The zero-order valence-electron chi connectivity index (χ0n) is 11.8. The first-order valence-electron chi connectivity index (χ1n) is 5.57. The summed E-state index contributed by atoms with van der Waals surface area (Å²) in [7, 11) is 4.26. The van der Waals surface area contributed by atoms with E-state index >= 15 is 0 Å². The molecule has 3 heteroatoms. The molecule has 1 radical (unpaired) electrons. The maximum absolute atomic E-state index is 2.25. The molecule has 0 aliphatic rings. The van der Waals surface area contributed by atoms with E-state index in [1.165, 1.54) is 56.8 Å². The topological polar surface area (TPSA) is 3.24 Å². The van der Waals surface area contributed by atoms with Crippen molar-refractivity contribution in [2.24, 2.45) is 0 Å². The number of rotatable bonds is 2. The van der Waals surface area contributed by atoms with Gasteiger partial charge >= 0.3 is 110 Å². The molecule has 0 amide bonds. The van der Waals surface area contributed by atoms with E-state index < -0.39 is 0 Å². The minimum Gasteiger partial charge on any atom is 0 e. The Hall–Kier alpha value is 0.323. The number of hydrogen-bond donors (Lipinski definition) is 0. The third-order valence-electron chi connectivity index (χ3n) is 3.62. The maximum Gasteiger partial charge on any atom is 0 e. The molecule has 1 nitrogen and oxygen atoms in total. The van der Waals surface area contributed by atoms with Gasteiger partial charge in [-0.1, -0.05) is 0 Å². The average molecular weight is 438 g/mol. The van der Waals surface area contributed by atoms with Crippen molar-refractivity contribution in [3.8, 4) is 0 Å². The summed E-state index contributed by atoms with van der Waals surface area (Å²) in [5.41, 5.74) is 8.68. The van der Waals surface area contributed by atoms with Crippen molar-refractivity contribution in [3.05, 3.63) is 33.4 Å². The van der Waals surface area contributed by atoms with Crippen molar-refractivity contribution in [2.75, 3.05) is 14.1 Å². The van der Waals surface area contributed by atoms with Crippen molar-refractivity contribution < 1.29 is 37.9 Å². The van der Waals surface area contributed by atoms with Crippen LogP contribution in [0.15, 0.2) is 0 Å². The van der Waals surface area contributed by atoms with Gasteiger partial charge in [0.05, 0.1) is 0 Å². The molecule has 17 heavy (non-hydrogen) atoms. The van der Waals surface area contributed by atoms with Crippen molar-refractivity contribution in [1.29, 1.82) is 0 Å². The van der Waals surface area contributed by atoms with Crippen LogP contribution in [0.25, 0.3) is 0 Å². The van der Waals surface area contributed by atoms with Gasteiger partial charge in [0, 0.05) is 18.6 Å². The first-order valence-corrected chi connectivity index (χ1v) is 7.04. The fourth-order valence-corrected chi connectivity index (χ4v) is 3.14. The average Bonchev–Trinajstić information content (AvgIpc) is 2.23. The Bertz CT molecular complexity index is 421. The summed E-state index contributed by atoms with van der Waals surface area (Å²) in [4.78, 5) is 2.24. The summed E-state index contributed by atoms with van der Waals surface area (Å²) in [5, 5.41) is 0.